The number of hydrogen-bond donors (Lipinski definition) is 2. The van der Waals surface area contributed by atoms with E-state index in [1.807, 2.05) is 26.0 Å². The fourth-order valence-corrected chi connectivity index (χ4v) is 2.10. The van der Waals surface area contributed by atoms with Crippen molar-refractivity contribution >= 4 is 22.8 Å². The molecule has 0 radical (unpaired) electrons. The number of ether oxygens (including phenoxy) is 1. The molecule has 0 unspecified atom stereocenters. The Morgan fingerprint density at radius 2 is 1.89 bits per heavy atom. The van der Waals surface area contributed by atoms with E-state index in [1.165, 1.54) is 7.11 Å². The molecule has 5 heteroatoms. The average Bonchev–Trinajstić information content (AvgIpc) is 2.68. The fourth-order valence-electron chi connectivity index (χ4n) is 2.10. The number of nitrogens with one attached hydrogen (secondary N) is 1. The van der Waals surface area contributed by atoms with Gasteiger partial charge < -0.3 is 14.8 Å². The van der Waals surface area contributed by atoms with E-state index >= 15 is 0 Å². The molecular weight excluding hydrogens is 246 g/mol. The first kappa shape index (κ1) is 13.1. The van der Waals surface area contributed by atoms with Crippen LogP contribution < -0.4 is 0 Å². The zero-order valence-corrected chi connectivity index (χ0v) is 11.0. The van der Waals surface area contributed by atoms with Crippen LogP contribution in [0.1, 0.15) is 27.2 Å². The Hall–Kier alpha value is -2.30. The van der Waals surface area contributed by atoms with Crippen LogP contribution in [0.2, 0.25) is 0 Å². The molecule has 0 fully saturated rings. The summed E-state index contributed by atoms with van der Waals surface area (Å²) in [6.45, 7) is 3.90. The van der Waals surface area contributed by atoms with Crippen LogP contribution in [0, 0.1) is 13.8 Å². The number of methoxy groups -OCH3 is 1. The van der Waals surface area contributed by atoms with E-state index in [0.717, 1.165) is 22.0 Å². The molecule has 0 aliphatic rings. The van der Waals surface area contributed by atoms with E-state index in [2.05, 4.69) is 9.72 Å². The van der Waals surface area contributed by atoms with E-state index in [-0.39, 0.29) is 12.1 Å². The van der Waals surface area contributed by atoms with Gasteiger partial charge in [0.1, 0.15) is 5.69 Å². The summed E-state index contributed by atoms with van der Waals surface area (Å²) in [6, 6.07) is 3.78. The van der Waals surface area contributed by atoms with E-state index in [4.69, 9.17) is 0 Å². The first-order valence-corrected chi connectivity index (χ1v) is 5.86. The number of H-pyrrole nitrogens is 1. The minimum atomic E-state index is -1.08. The summed E-state index contributed by atoms with van der Waals surface area (Å²) in [5.74, 6) is -1.54. The number of fused-ring (bicyclic) bond motifs is 1. The monoisotopic (exact) mass is 261 g/mol. The number of rotatable bonds is 3. The average molecular weight is 261 g/mol. The summed E-state index contributed by atoms with van der Waals surface area (Å²) >= 11 is 0. The molecule has 19 heavy (non-hydrogen) atoms. The Morgan fingerprint density at radius 3 is 2.47 bits per heavy atom. The number of carbonyl (C=O) groups is 2. The maximum Gasteiger partial charge on any atom is 0.352 e. The molecule has 2 aromatic rings. The first-order chi connectivity index (χ1) is 8.93. The Balaban J connectivity index is 2.69. The topological polar surface area (TPSA) is 79.4 Å². The van der Waals surface area contributed by atoms with Gasteiger partial charge in [0, 0.05) is 16.5 Å². The van der Waals surface area contributed by atoms with Crippen molar-refractivity contribution in [2.45, 2.75) is 20.3 Å². The number of aromatic amines is 1. The van der Waals surface area contributed by atoms with Crippen molar-refractivity contribution in [3.8, 4) is 0 Å². The lowest BCUT2D eigenvalue weighted by Gasteiger charge is -2.02. The maximum absolute atomic E-state index is 11.4. The number of esters is 1. The summed E-state index contributed by atoms with van der Waals surface area (Å²) in [6.07, 6.45) is -0.0549. The third-order valence-electron chi connectivity index (χ3n) is 3.28. The Morgan fingerprint density at radius 1 is 1.26 bits per heavy atom. The highest BCUT2D eigenvalue weighted by Crippen LogP contribution is 2.26. The summed E-state index contributed by atoms with van der Waals surface area (Å²) in [5.41, 5.74) is 3.35. The summed E-state index contributed by atoms with van der Waals surface area (Å²) in [7, 11) is 1.28. The molecular formula is C14H15NO4. The Labute approximate surface area is 110 Å². The number of aryl methyl sites for hydroxylation is 2. The molecule has 5 nitrogen and oxygen atoms in total. The number of carbonyl (C=O) groups excluding carboxylic acids is 1. The highest BCUT2D eigenvalue weighted by molar-refractivity contribution is 5.99. The molecule has 100 valence electrons. The SMILES string of the molecule is COC(=O)Cc1c(C(=O)O)[nH]c2cc(C)c(C)cc12. The lowest BCUT2D eigenvalue weighted by atomic mass is 10.0. The van der Waals surface area contributed by atoms with Gasteiger partial charge in [-0.1, -0.05) is 0 Å². The van der Waals surface area contributed by atoms with E-state index in [0.29, 0.717) is 5.56 Å². The van der Waals surface area contributed by atoms with Gasteiger partial charge in [-0.2, -0.15) is 0 Å². The molecule has 2 rings (SSSR count). The van der Waals surface area contributed by atoms with Crippen LogP contribution in [0.4, 0.5) is 0 Å². The fraction of sp³-hybridized carbons (Fsp3) is 0.286. The van der Waals surface area contributed by atoms with Gasteiger partial charge in [-0.05, 0) is 37.1 Å². The molecule has 1 aromatic heterocycles. The largest absolute Gasteiger partial charge is 0.477 e. The smallest absolute Gasteiger partial charge is 0.352 e. The second kappa shape index (κ2) is 4.76. The molecule has 0 saturated carbocycles. The second-order valence-corrected chi connectivity index (χ2v) is 4.52. The quantitative estimate of drug-likeness (QED) is 0.830. The van der Waals surface area contributed by atoms with Crippen LogP contribution in [-0.2, 0) is 16.0 Å². The zero-order chi connectivity index (χ0) is 14.2. The normalized spacial score (nSPS) is 10.7. The second-order valence-electron chi connectivity index (χ2n) is 4.52. The number of hydrogen-bond acceptors (Lipinski definition) is 3. The standard InChI is InChI=1S/C14H15NO4/c1-7-4-9-10(6-12(16)19-3)13(14(17)18)15-11(9)5-8(7)2/h4-5,15H,6H2,1-3H3,(H,17,18). The van der Waals surface area contributed by atoms with Crippen molar-refractivity contribution in [3.63, 3.8) is 0 Å². The molecule has 1 aromatic carbocycles. The van der Waals surface area contributed by atoms with E-state index in [9.17, 15) is 14.7 Å². The van der Waals surface area contributed by atoms with Gasteiger partial charge in [0.05, 0.1) is 13.5 Å². The van der Waals surface area contributed by atoms with Crippen LogP contribution in [0.5, 0.6) is 0 Å². The molecule has 2 N–H and O–H groups in total. The molecule has 0 saturated heterocycles. The summed E-state index contributed by atoms with van der Waals surface area (Å²) in [5, 5.41) is 9.96. The zero-order valence-electron chi connectivity index (χ0n) is 11.0. The molecule has 0 spiro atoms. The minimum Gasteiger partial charge on any atom is -0.477 e. The highest BCUT2D eigenvalue weighted by atomic mass is 16.5. The van der Waals surface area contributed by atoms with Crippen LogP contribution in [-0.4, -0.2) is 29.1 Å². The molecule has 0 aliphatic heterocycles. The van der Waals surface area contributed by atoms with E-state index in [1.54, 1.807) is 0 Å². The molecule has 0 amide bonds. The lowest BCUT2D eigenvalue weighted by Crippen LogP contribution is -2.08. The molecule has 0 bridgehead atoms. The van der Waals surface area contributed by atoms with Crippen molar-refractivity contribution in [3.05, 3.63) is 34.5 Å². The van der Waals surface area contributed by atoms with Crippen molar-refractivity contribution in [2.75, 3.05) is 7.11 Å². The van der Waals surface area contributed by atoms with Crippen molar-refractivity contribution < 1.29 is 19.4 Å². The van der Waals surface area contributed by atoms with Crippen LogP contribution in [0.25, 0.3) is 10.9 Å². The maximum atomic E-state index is 11.4. The van der Waals surface area contributed by atoms with Gasteiger partial charge >= 0.3 is 11.9 Å². The van der Waals surface area contributed by atoms with Crippen molar-refractivity contribution in [2.24, 2.45) is 0 Å². The van der Waals surface area contributed by atoms with Crippen molar-refractivity contribution in [1.82, 2.24) is 4.98 Å². The van der Waals surface area contributed by atoms with Crippen LogP contribution >= 0.6 is 0 Å². The predicted octanol–water partition coefficient (Wildman–Crippen LogP) is 2.20. The molecule has 0 atom stereocenters. The van der Waals surface area contributed by atoms with Crippen LogP contribution in [0.15, 0.2) is 12.1 Å². The van der Waals surface area contributed by atoms with Crippen molar-refractivity contribution in [1.29, 1.82) is 0 Å². The van der Waals surface area contributed by atoms with Gasteiger partial charge in [0.15, 0.2) is 0 Å². The number of aromatic nitrogens is 1. The van der Waals surface area contributed by atoms with Gasteiger partial charge in [0.25, 0.3) is 0 Å². The van der Waals surface area contributed by atoms with Gasteiger partial charge in [0.2, 0.25) is 0 Å². The van der Waals surface area contributed by atoms with Gasteiger partial charge in [-0.15, -0.1) is 0 Å². The van der Waals surface area contributed by atoms with Gasteiger partial charge in [-0.3, -0.25) is 4.79 Å². The Kier molecular flexibility index (Phi) is 3.29. The number of carboxylic acid groups (broad SMARTS) is 1. The predicted molar refractivity (Wildman–Crippen MR) is 70.5 cm³/mol. The first-order valence-electron chi connectivity index (χ1n) is 5.86. The third-order valence-corrected chi connectivity index (χ3v) is 3.28. The highest BCUT2D eigenvalue weighted by Gasteiger charge is 2.20. The number of benzene rings is 1. The number of carboxylic acids is 1. The van der Waals surface area contributed by atoms with Crippen LogP contribution in [0.3, 0.4) is 0 Å². The van der Waals surface area contributed by atoms with Gasteiger partial charge in [-0.25, -0.2) is 4.79 Å². The minimum absolute atomic E-state index is 0.0467. The summed E-state index contributed by atoms with van der Waals surface area (Å²) < 4.78 is 4.62. The number of aromatic carboxylic acids is 1. The lowest BCUT2D eigenvalue weighted by molar-refractivity contribution is -0.139. The Bertz CT molecular complexity index is 670. The third kappa shape index (κ3) is 2.31. The summed E-state index contributed by atoms with van der Waals surface area (Å²) in [4.78, 5) is 25.5. The van der Waals surface area contributed by atoms with E-state index < -0.39 is 11.9 Å². The molecule has 1 heterocycles. The molecule has 0 aliphatic carbocycles.